The van der Waals surface area contributed by atoms with Crippen LogP contribution in [0.5, 0.6) is 0 Å². The van der Waals surface area contributed by atoms with Crippen LogP contribution in [0.2, 0.25) is 0 Å². The summed E-state index contributed by atoms with van der Waals surface area (Å²) in [5, 5.41) is 6.52. The van der Waals surface area contributed by atoms with Gasteiger partial charge in [0.1, 0.15) is 18.8 Å². The molecule has 8 heteroatoms. The van der Waals surface area contributed by atoms with E-state index in [2.05, 4.69) is 5.10 Å². The lowest BCUT2D eigenvalue weighted by atomic mass is 9.97. The fourth-order valence-electron chi connectivity index (χ4n) is 3.89. The van der Waals surface area contributed by atoms with E-state index in [-0.39, 0.29) is 30.1 Å². The molecule has 0 unspecified atom stereocenters. The van der Waals surface area contributed by atoms with Gasteiger partial charge in [-0.1, -0.05) is 6.07 Å². The standard InChI is InChI=1S/C19H24N4O3S/c1-19(2)13-26-18(25)23(19)14-5-8-21(9-6-14)17(24)12-22-10-7-15(20-22)16-4-3-11-27-16/h3-4,7,10-11,14H,5-6,8-9,12-13H2,1-2H3. The number of hydrogen-bond donors (Lipinski definition) is 0. The highest BCUT2D eigenvalue weighted by Crippen LogP contribution is 2.30. The number of piperidine rings is 1. The molecule has 4 rings (SSSR count). The van der Waals surface area contributed by atoms with E-state index in [1.54, 1.807) is 16.0 Å². The molecule has 0 bridgehead atoms. The van der Waals surface area contributed by atoms with Gasteiger partial charge in [-0.15, -0.1) is 11.3 Å². The Morgan fingerprint density at radius 1 is 1.33 bits per heavy atom. The van der Waals surface area contributed by atoms with Gasteiger partial charge in [0.25, 0.3) is 0 Å². The van der Waals surface area contributed by atoms with E-state index in [9.17, 15) is 9.59 Å². The second kappa shape index (κ2) is 6.99. The van der Waals surface area contributed by atoms with E-state index < -0.39 is 0 Å². The van der Waals surface area contributed by atoms with E-state index in [4.69, 9.17) is 4.74 Å². The van der Waals surface area contributed by atoms with Crippen molar-refractivity contribution >= 4 is 23.3 Å². The summed E-state index contributed by atoms with van der Waals surface area (Å²) >= 11 is 1.63. The summed E-state index contributed by atoms with van der Waals surface area (Å²) in [5.74, 6) is 0.0672. The largest absolute Gasteiger partial charge is 0.447 e. The Balaban J connectivity index is 1.33. The van der Waals surface area contributed by atoms with Gasteiger partial charge in [-0.25, -0.2) is 4.79 Å². The maximum atomic E-state index is 12.6. The Hall–Kier alpha value is -2.35. The van der Waals surface area contributed by atoms with Crippen molar-refractivity contribution in [2.45, 2.75) is 44.8 Å². The third kappa shape index (κ3) is 3.58. The van der Waals surface area contributed by atoms with Gasteiger partial charge in [0.2, 0.25) is 5.91 Å². The number of carbonyl (C=O) groups excluding carboxylic acids is 2. The molecular formula is C19H24N4O3S. The van der Waals surface area contributed by atoms with Crippen molar-refractivity contribution in [1.82, 2.24) is 19.6 Å². The first kappa shape index (κ1) is 18.0. The minimum atomic E-state index is -0.277. The number of rotatable bonds is 4. The van der Waals surface area contributed by atoms with Crippen LogP contribution in [0.4, 0.5) is 4.79 Å². The third-order valence-electron chi connectivity index (χ3n) is 5.29. The number of thiophene rings is 1. The van der Waals surface area contributed by atoms with Gasteiger partial charge in [0.05, 0.1) is 10.4 Å². The molecule has 0 saturated carbocycles. The van der Waals surface area contributed by atoms with Crippen molar-refractivity contribution in [2.24, 2.45) is 0 Å². The van der Waals surface area contributed by atoms with Crippen LogP contribution in [0, 0.1) is 0 Å². The molecule has 27 heavy (non-hydrogen) atoms. The SMILES string of the molecule is CC1(C)COC(=O)N1C1CCN(C(=O)Cn2ccc(-c3cccs3)n2)CC1. The van der Waals surface area contributed by atoms with Crippen LogP contribution < -0.4 is 0 Å². The number of aromatic nitrogens is 2. The Bertz CT molecular complexity index is 822. The summed E-state index contributed by atoms with van der Waals surface area (Å²) in [6, 6.07) is 6.08. The van der Waals surface area contributed by atoms with Gasteiger partial charge in [-0.2, -0.15) is 5.10 Å². The van der Waals surface area contributed by atoms with Crippen LogP contribution in [0.25, 0.3) is 10.6 Å². The number of cyclic esters (lactones) is 1. The fraction of sp³-hybridized carbons (Fsp3) is 0.526. The molecule has 2 amide bonds. The van der Waals surface area contributed by atoms with Crippen LogP contribution in [0.1, 0.15) is 26.7 Å². The molecule has 2 aromatic heterocycles. The quantitative estimate of drug-likeness (QED) is 0.808. The first-order valence-electron chi connectivity index (χ1n) is 9.25. The molecule has 0 atom stereocenters. The summed E-state index contributed by atoms with van der Waals surface area (Å²) in [4.78, 5) is 29.5. The zero-order chi connectivity index (χ0) is 19.0. The first-order chi connectivity index (χ1) is 12.9. The average Bonchev–Trinajstić information content (AvgIpc) is 3.36. The molecule has 7 nitrogen and oxygen atoms in total. The molecule has 4 heterocycles. The van der Waals surface area contributed by atoms with Crippen LogP contribution >= 0.6 is 11.3 Å². The first-order valence-corrected chi connectivity index (χ1v) is 10.1. The maximum absolute atomic E-state index is 12.6. The number of amides is 2. The van der Waals surface area contributed by atoms with Crippen molar-refractivity contribution in [3.05, 3.63) is 29.8 Å². The van der Waals surface area contributed by atoms with Gasteiger partial charge >= 0.3 is 6.09 Å². The summed E-state index contributed by atoms with van der Waals surface area (Å²) in [7, 11) is 0. The molecular weight excluding hydrogens is 364 g/mol. The van der Waals surface area contributed by atoms with Gasteiger partial charge in [-0.05, 0) is 44.2 Å². The van der Waals surface area contributed by atoms with E-state index >= 15 is 0 Å². The van der Waals surface area contributed by atoms with E-state index in [0.29, 0.717) is 19.7 Å². The Kier molecular flexibility index (Phi) is 4.67. The number of carbonyl (C=O) groups is 2. The minimum Gasteiger partial charge on any atom is -0.447 e. The molecule has 0 N–H and O–H groups in total. The second-order valence-corrected chi connectivity index (χ2v) is 8.67. The van der Waals surface area contributed by atoms with E-state index in [1.807, 2.05) is 53.4 Å². The van der Waals surface area contributed by atoms with Crippen LogP contribution in [0.15, 0.2) is 29.8 Å². The second-order valence-electron chi connectivity index (χ2n) is 7.72. The van der Waals surface area contributed by atoms with Crippen molar-refractivity contribution in [3.63, 3.8) is 0 Å². The third-order valence-corrected chi connectivity index (χ3v) is 6.18. The average molecular weight is 388 g/mol. The lowest BCUT2D eigenvalue weighted by Crippen LogP contribution is -2.53. The highest BCUT2D eigenvalue weighted by Gasteiger charge is 2.44. The summed E-state index contributed by atoms with van der Waals surface area (Å²) in [5.41, 5.74) is 0.618. The predicted octanol–water partition coefficient (Wildman–Crippen LogP) is 2.83. The molecule has 0 radical (unpaired) electrons. The molecule has 144 valence electrons. The van der Waals surface area contributed by atoms with Gasteiger partial charge in [0.15, 0.2) is 0 Å². The van der Waals surface area contributed by atoms with E-state index in [0.717, 1.165) is 23.4 Å². The summed E-state index contributed by atoms with van der Waals surface area (Å²) in [6.07, 6.45) is 3.18. The molecule has 0 spiro atoms. The van der Waals surface area contributed by atoms with Crippen molar-refractivity contribution in [1.29, 1.82) is 0 Å². The van der Waals surface area contributed by atoms with Gasteiger partial charge < -0.3 is 9.64 Å². The number of nitrogens with zero attached hydrogens (tertiary/aromatic N) is 4. The highest BCUT2D eigenvalue weighted by atomic mass is 32.1. The van der Waals surface area contributed by atoms with Crippen LogP contribution in [-0.4, -0.2) is 62.9 Å². The topological polar surface area (TPSA) is 67.7 Å². The number of ether oxygens (including phenoxy) is 1. The van der Waals surface area contributed by atoms with Gasteiger partial charge in [0, 0.05) is 25.3 Å². The fourth-order valence-corrected chi connectivity index (χ4v) is 4.58. The number of hydrogen-bond acceptors (Lipinski definition) is 5. The maximum Gasteiger partial charge on any atom is 0.410 e. The van der Waals surface area contributed by atoms with Crippen molar-refractivity contribution in [3.8, 4) is 10.6 Å². The zero-order valence-electron chi connectivity index (χ0n) is 15.6. The molecule has 2 fully saturated rings. The lowest BCUT2D eigenvalue weighted by Gasteiger charge is -2.40. The molecule has 0 aliphatic carbocycles. The summed E-state index contributed by atoms with van der Waals surface area (Å²) in [6.45, 7) is 6.03. The lowest BCUT2D eigenvalue weighted by molar-refractivity contribution is -0.133. The predicted molar refractivity (Wildman–Crippen MR) is 102 cm³/mol. The monoisotopic (exact) mass is 388 g/mol. The zero-order valence-corrected chi connectivity index (χ0v) is 16.4. The summed E-state index contributed by atoms with van der Waals surface area (Å²) < 4.78 is 6.91. The Morgan fingerprint density at radius 3 is 2.74 bits per heavy atom. The molecule has 2 saturated heterocycles. The van der Waals surface area contributed by atoms with E-state index in [1.165, 1.54) is 0 Å². The molecule has 2 aromatic rings. The molecule has 2 aliphatic rings. The smallest absolute Gasteiger partial charge is 0.410 e. The molecule has 2 aliphatic heterocycles. The Morgan fingerprint density at radius 2 is 2.11 bits per heavy atom. The van der Waals surface area contributed by atoms with Crippen molar-refractivity contribution < 1.29 is 14.3 Å². The van der Waals surface area contributed by atoms with Crippen LogP contribution in [0.3, 0.4) is 0 Å². The highest BCUT2D eigenvalue weighted by molar-refractivity contribution is 7.13. The Labute approximate surface area is 162 Å². The van der Waals surface area contributed by atoms with Gasteiger partial charge in [-0.3, -0.25) is 14.4 Å². The number of likely N-dealkylation sites (tertiary alicyclic amines) is 1. The normalized spacial score (nSPS) is 20.1. The minimum absolute atomic E-state index is 0.0672. The van der Waals surface area contributed by atoms with Crippen LogP contribution in [-0.2, 0) is 16.1 Å². The molecule has 0 aromatic carbocycles. The van der Waals surface area contributed by atoms with Crippen molar-refractivity contribution in [2.75, 3.05) is 19.7 Å².